The highest BCUT2D eigenvalue weighted by molar-refractivity contribution is 7.21. The number of hydrogen-bond acceptors (Lipinski definition) is 0. The molecular formula is C32H24Si. The molecule has 156 valence electrons. The summed E-state index contributed by atoms with van der Waals surface area (Å²) < 4.78 is 0. The van der Waals surface area contributed by atoms with Crippen LogP contribution in [0.3, 0.4) is 0 Å². The van der Waals surface area contributed by atoms with Gasteiger partial charge in [0.15, 0.2) is 8.07 Å². The van der Waals surface area contributed by atoms with Crippen molar-refractivity contribution in [3.63, 3.8) is 0 Å². The maximum atomic E-state index is 2.34. The molecule has 0 aromatic heterocycles. The van der Waals surface area contributed by atoms with Crippen molar-refractivity contribution in [1.82, 2.24) is 0 Å². The molecule has 0 saturated heterocycles. The van der Waals surface area contributed by atoms with Gasteiger partial charge in [-0.3, -0.25) is 0 Å². The van der Waals surface area contributed by atoms with E-state index in [9.17, 15) is 0 Å². The van der Waals surface area contributed by atoms with Gasteiger partial charge in [0.2, 0.25) is 0 Å². The maximum absolute atomic E-state index is 2.63. The zero-order valence-corrected chi connectivity index (χ0v) is 19.4. The van der Waals surface area contributed by atoms with E-state index < -0.39 is 8.07 Å². The Morgan fingerprint density at radius 3 is 1.06 bits per heavy atom. The van der Waals surface area contributed by atoms with Crippen LogP contribution in [0.5, 0.6) is 0 Å². The third-order valence-electron chi connectivity index (χ3n) is 6.77. The lowest BCUT2D eigenvalue weighted by Gasteiger charge is -2.36. The Labute approximate surface area is 195 Å². The molecule has 6 aromatic carbocycles. The Bertz CT molecular complexity index is 1390. The lowest BCUT2D eigenvalue weighted by atomic mass is 10.0. The van der Waals surface area contributed by atoms with E-state index in [-0.39, 0.29) is 0 Å². The van der Waals surface area contributed by atoms with Crippen molar-refractivity contribution in [2.45, 2.75) is 0 Å². The third kappa shape index (κ3) is 3.13. The molecule has 0 heterocycles. The molecule has 1 heteroatoms. The van der Waals surface area contributed by atoms with E-state index in [2.05, 4.69) is 146 Å². The van der Waals surface area contributed by atoms with Gasteiger partial charge in [-0.1, -0.05) is 140 Å². The summed E-state index contributed by atoms with van der Waals surface area (Å²) in [5.41, 5.74) is 0. The van der Waals surface area contributed by atoms with Crippen LogP contribution in [0.4, 0.5) is 0 Å². The number of benzene rings is 6. The Balaban J connectivity index is 1.91. The van der Waals surface area contributed by atoms with Crippen LogP contribution in [0.25, 0.3) is 21.5 Å². The van der Waals surface area contributed by atoms with Crippen molar-refractivity contribution < 1.29 is 0 Å². The predicted molar refractivity (Wildman–Crippen MR) is 145 cm³/mol. The average molecular weight is 437 g/mol. The standard InChI is InChI=1S/C32H24Si/c1-4-16-27(17-5-1)33(28-18-6-2-7-19-28,29-20-8-3-9-21-29)32-30-22-12-10-14-25(30)24-26-15-11-13-23-31(26)32/h1-24H. The van der Waals surface area contributed by atoms with Gasteiger partial charge < -0.3 is 0 Å². The number of hydrogen-bond donors (Lipinski definition) is 0. The van der Waals surface area contributed by atoms with Crippen LogP contribution in [0.2, 0.25) is 0 Å². The van der Waals surface area contributed by atoms with Crippen molar-refractivity contribution in [1.29, 1.82) is 0 Å². The molecule has 0 aliphatic carbocycles. The summed E-state index contributed by atoms with van der Waals surface area (Å²) in [6.07, 6.45) is 0. The van der Waals surface area contributed by atoms with Crippen LogP contribution >= 0.6 is 0 Å². The Morgan fingerprint density at radius 2 is 0.667 bits per heavy atom. The lowest BCUT2D eigenvalue weighted by Crippen LogP contribution is -2.75. The largest absolute Gasteiger partial charge is 0.180 e. The Hall–Kier alpha value is -3.94. The van der Waals surface area contributed by atoms with Crippen LogP contribution in [-0.4, -0.2) is 8.07 Å². The molecule has 33 heavy (non-hydrogen) atoms. The Kier molecular flexibility index (Phi) is 4.90. The molecule has 0 fully saturated rings. The van der Waals surface area contributed by atoms with Crippen LogP contribution < -0.4 is 20.7 Å². The smallest absolute Gasteiger partial charge is 0.0623 e. The zero-order valence-electron chi connectivity index (χ0n) is 18.4. The molecule has 0 aliphatic rings. The van der Waals surface area contributed by atoms with Gasteiger partial charge in [-0.2, -0.15) is 0 Å². The first-order chi connectivity index (χ1) is 16.4. The molecule has 6 rings (SSSR count). The topological polar surface area (TPSA) is 0 Å². The fraction of sp³-hybridized carbons (Fsp3) is 0. The minimum absolute atomic E-state index is 1.30. The van der Waals surface area contributed by atoms with E-state index in [0.29, 0.717) is 0 Å². The summed E-state index contributed by atoms with van der Waals surface area (Å²) >= 11 is 0. The highest BCUT2D eigenvalue weighted by Crippen LogP contribution is 2.25. The van der Waals surface area contributed by atoms with Crippen molar-refractivity contribution >= 4 is 50.4 Å². The van der Waals surface area contributed by atoms with E-state index in [1.807, 2.05) is 0 Å². The predicted octanol–water partition coefficient (Wildman–Crippen LogP) is 5.37. The first kappa shape index (κ1) is 19.7. The molecule has 0 spiro atoms. The first-order valence-corrected chi connectivity index (χ1v) is 13.5. The zero-order chi connectivity index (χ0) is 22.1. The molecule has 0 unspecified atom stereocenters. The highest BCUT2D eigenvalue weighted by Gasteiger charge is 2.43. The van der Waals surface area contributed by atoms with E-state index in [1.165, 1.54) is 42.3 Å². The quantitative estimate of drug-likeness (QED) is 0.198. The maximum Gasteiger partial charge on any atom is 0.180 e. The second-order valence-corrected chi connectivity index (χ2v) is 12.3. The molecule has 0 radical (unpaired) electrons. The van der Waals surface area contributed by atoms with Crippen molar-refractivity contribution in [2.75, 3.05) is 0 Å². The van der Waals surface area contributed by atoms with Gasteiger partial charge in [0.1, 0.15) is 0 Å². The molecule has 0 aliphatic heterocycles. The van der Waals surface area contributed by atoms with Crippen LogP contribution in [0.1, 0.15) is 0 Å². The van der Waals surface area contributed by atoms with Gasteiger partial charge in [0.25, 0.3) is 0 Å². The SMILES string of the molecule is c1ccc([Si](c2ccccc2)(c2ccccc2)c2c3ccccc3cc3ccccc23)cc1. The van der Waals surface area contributed by atoms with Crippen molar-refractivity contribution in [3.05, 3.63) is 146 Å². The summed E-state index contributed by atoms with van der Waals surface area (Å²) in [6, 6.07) is 53.7. The van der Waals surface area contributed by atoms with Gasteiger partial charge >= 0.3 is 0 Å². The first-order valence-electron chi connectivity index (χ1n) is 11.5. The van der Waals surface area contributed by atoms with Gasteiger partial charge in [0, 0.05) is 0 Å². The second-order valence-electron chi connectivity index (χ2n) is 8.54. The highest BCUT2D eigenvalue weighted by atomic mass is 28.3. The summed E-state index contributed by atoms with van der Waals surface area (Å²) in [7, 11) is -2.63. The monoisotopic (exact) mass is 436 g/mol. The van der Waals surface area contributed by atoms with Crippen molar-refractivity contribution in [3.8, 4) is 0 Å². The lowest BCUT2D eigenvalue weighted by molar-refractivity contribution is 1.68. The van der Waals surface area contributed by atoms with Crippen LogP contribution in [0, 0.1) is 0 Å². The summed E-state index contributed by atoms with van der Waals surface area (Å²) in [5.74, 6) is 0. The van der Waals surface area contributed by atoms with Crippen molar-refractivity contribution in [2.24, 2.45) is 0 Å². The van der Waals surface area contributed by atoms with Crippen LogP contribution in [0.15, 0.2) is 146 Å². The van der Waals surface area contributed by atoms with E-state index in [4.69, 9.17) is 0 Å². The average Bonchev–Trinajstić information content (AvgIpc) is 2.90. The molecule has 0 N–H and O–H groups in total. The summed E-state index contributed by atoms with van der Waals surface area (Å²) in [4.78, 5) is 0. The second kappa shape index (κ2) is 8.20. The summed E-state index contributed by atoms with van der Waals surface area (Å²) in [6.45, 7) is 0. The molecule has 0 atom stereocenters. The van der Waals surface area contributed by atoms with E-state index in [1.54, 1.807) is 0 Å². The minimum atomic E-state index is -2.63. The fourth-order valence-corrected chi connectivity index (χ4v) is 10.6. The van der Waals surface area contributed by atoms with Crippen LogP contribution in [-0.2, 0) is 0 Å². The fourth-order valence-electron chi connectivity index (χ4n) is 5.42. The summed E-state index contributed by atoms with van der Waals surface area (Å²) in [5, 5.41) is 11.0. The van der Waals surface area contributed by atoms with Gasteiger partial charge in [0.05, 0.1) is 0 Å². The van der Waals surface area contributed by atoms with E-state index >= 15 is 0 Å². The molecular weight excluding hydrogens is 412 g/mol. The normalized spacial score (nSPS) is 11.6. The molecule has 0 bridgehead atoms. The molecule has 0 amide bonds. The third-order valence-corrected chi connectivity index (χ3v) is 11.7. The molecule has 0 saturated carbocycles. The van der Waals surface area contributed by atoms with Gasteiger partial charge in [-0.15, -0.1) is 0 Å². The van der Waals surface area contributed by atoms with Gasteiger partial charge in [-0.25, -0.2) is 0 Å². The Morgan fingerprint density at radius 1 is 0.333 bits per heavy atom. The number of fused-ring (bicyclic) bond motifs is 2. The minimum Gasteiger partial charge on any atom is -0.0623 e. The van der Waals surface area contributed by atoms with E-state index in [0.717, 1.165) is 0 Å². The van der Waals surface area contributed by atoms with Gasteiger partial charge in [-0.05, 0) is 48.4 Å². The molecule has 0 nitrogen and oxygen atoms in total. The molecule has 6 aromatic rings. The number of rotatable bonds is 4.